The second kappa shape index (κ2) is 7.36. The molecule has 1 unspecified atom stereocenters. The predicted molar refractivity (Wildman–Crippen MR) is 119 cm³/mol. The first kappa shape index (κ1) is 17.4. The Hall–Kier alpha value is -3.72. The summed E-state index contributed by atoms with van der Waals surface area (Å²) in [7, 11) is 0. The number of hydrogen-bond donors (Lipinski definition) is 0. The molecular weight excluding hydrogens is 356 g/mol. The Morgan fingerprint density at radius 2 is 1.52 bits per heavy atom. The third-order valence-corrected chi connectivity index (χ3v) is 5.47. The summed E-state index contributed by atoms with van der Waals surface area (Å²) in [6.45, 7) is 0. The van der Waals surface area contributed by atoms with Crippen LogP contribution < -0.4 is 5.01 Å². The fourth-order valence-electron chi connectivity index (χ4n) is 3.93. The molecule has 0 spiro atoms. The fourth-order valence-corrected chi connectivity index (χ4v) is 3.93. The van der Waals surface area contributed by atoms with Gasteiger partial charge >= 0.3 is 0 Å². The molecule has 4 aromatic rings. The Morgan fingerprint density at radius 3 is 2.28 bits per heavy atom. The van der Waals surface area contributed by atoms with Gasteiger partial charge in [-0.2, -0.15) is 5.10 Å². The first-order valence-electron chi connectivity index (χ1n) is 9.78. The molecule has 0 N–H and O–H groups in total. The highest BCUT2D eigenvalue weighted by Crippen LogP contribution is 2.37. The lowest BCUT2D eigenvalue weighted by Crippen LogP contribution is -2.18. The van der Waals surface area contributed by atoms with Gasteiger partial charge in [0.2, 0.25) is 0 Å². The summed E-state index contributed by atoms with van der Waals surface area (Å²) < 4.78 is 0. The molecule has 0 aliphatic carbocycles. The van der Waals surface area contributed by atoms with Crippen LogP contribution >= 0.6 is 0 Å². The molecule has 0 bridgehead atoms. The molecule has 0 radical (unpaired) electrons. The van der Waals surface area contributed by atoms with E-state index in [-0.39, 0.29) is 6.04 Å². The van der Waals surface area contributed by atoms with E-state index in [4.69, 9.17) is 5.10 Å². The monoisotopic (exact) mass is 376 g/mol. The van der Waals surface area contributed by atoms with Crippen LogP contribution in [0.3, 0.4) is 0 Å². The quantitative estimate of drug-likeness (QED) is 0.409. The van der Waals surface area contributed by atoms with Crippen LogP contribution in [0.4, 0.5) is 5.69 Å². The molecule has 140 valence electrons. The van der Waals surface area contributed by atoms with Crippen LogP contribution in [-0.2, 0) is 0 Å². The van der Waals surface area contributed by atoms with E-state index in [9.17, 15) is 4.79 Å². The zero-order valence-corrected chi connectivity index (χ0v) is 15.9. The van der Waals surface area contributed by atoms with Crippen molar-refractivity contribution in [3.05, 3.63) is 114 Å². The highest BCUT2D eigenvalue weighted by molar-refractivity contribution is 6.05. The van der Waals surface area contributed by atoms with Crippen molar-refractivity contribution in [2.75, 3.05) is 5.01 Å². The molecule has 1 aliphatic rings. The van der Waals surface area contributed by atoms with E-state index >= 15 is 0 Å². The average Bonchev–Trinajstić information content (AvgIpc) is 3.25. The Bertz CT molecular complexity index is 1200. The van der Waals surface area contributed by atoms with Crippen molar-refractivity contribution in [2.24, 2.45) is 5.10 Å². The van der Waals surface area contributed by atoms with Crippen molar-refractivity contribution in [2.45, 2.75) is 12.5 Å². The standard InChI is InChI=1S/C26H20N2O/c29-18-19-10-14-24(15-11-19)28-26(21-7-2-1-3-8-21)17-25(27-28)23-13-12-20-6-4-5-9-22(20)16-23/h1-16,18,26H,17H2. The van der Waals surface area contributed by atoms with Gasteiger partial charge in [-0.15, -0.1) is 0 Å². The smallest absolute Gasteiger partial charge is 0.150 e. The van der Waals surface area contributed by atoms with E-state index in [1.807, 2.05) is 30.3 Å². The van der Waals surface area contributed by atoms with Gasteiger partial charge in [0.1, 0.15) is 6.29 Å². The van der Waals surface area contributed by atoms with Crippen LogP contribution in [-0.4, -0.2) is 12.0 Å². The topological polar surface area (TPSA) is 32.7 Å². The van der Waals surface area contributed by atoms with Crippen LogP contribution in [0.15, 0.2) is 102 Å². The van der Waals surface area contributed by atoms with Crippen LogP contribution in [0.2, 0.25) is 0 Å². The molecule has 1 heterocycles. The zero-order valence-electron chi connectivity index (χ0n) is 15.9. The number of anilines is 1. The molecule has 3 nitrogen and oxygen atoms in total. The first-order valence-corrected chi connectivity index (χ1v) is 9.78. The van der Waals surface area contributed by atoms with E-state index in [2.05, 4.69) is 71.7 Å². The third-order valence-electron chi connectivity index (χ3n) is 5.47. The molecule has 1 aliphatic heterocycles. The zero-order chi connectivity index (χ0) is 19.6. The third kappa shape index (κ3) is 3.32. The average molecular weight is 376 g/mol. The maximum absolute atomic E-state index is 11.0. The molecule has 0 fully saturated rings. The van der Waals surface area contributed by atoms with E-state index in [1.54, 1.807) is 0 Å². The summed E-state index contributed by atoms with van der Waals surface area (Å²) >= 11 is 0. The van der Waals surface area contributed by atoms with E-state index in [1.165, 1.54) is 16.3 Å². The second-order valence-corrected chi connectivity index (χ2v) is 7.29. The summed E-state index contributed by atoms with van der Waals surface area (Å²) in [6.07, 6.45) is 1.70. The lowest BCUT2D eigenvalue weighted by molar-refractivity contribution is 0.112. The number of hydrogen-bond acceptors (Lipinski definition) is 3. The van der Waals surface area contributed by atoms with E-state index < -0.39 is 0 Å². The van der Waals surface area contributed by atoms with Crippen molar-refractivity contribution >= 4 is 28.5 Å². The van der Waals surface area contributed by atoms with Gasteiger partial charge in [0.05, 0.1) is 17.4 Å². The molecule has 29 heavy (non-hydrogen) atoms. The number of benzene rings is 4. The summed E-state index contributed by atoms with van der Waals surface area (Å²) in [6, 6.07) is 33.1. The number of fused-ring (bicyclic) bond motifs is 1. The number of carbonyl (C=O) groups is 1. The molecule has 0 saturated heterocycles. The first-order chi connectivity index (χ1) is 14.3. The maximum Gasteiger partial charge on any atom is 0.150 e. The normalized spacial score (nSPS) is 16.1. The molecule has 0 aromatic heterocycles. The molecule has 0 amide bonds. The SMILES string of the molecule is O=Cc1ccc(N2N=C(c3ccc4ccccc4c3)CC2c2ccccc2)cc1. The minimum absolute atomic E-state index is 0.125. The van der Waals surface area contributed by atoms with Crippen molar-refractivity contribution in [3.8, 4) is 0 Å². The molecule has 1 atom stereocenters. The van der Waals surface area contributed by atoms with Crippen LogP contribution in [0.1, 0.15) is 33.9 Å². The van der Waals surface area contributed by atoms with Gasteiger partial charge in [-0.3, -0.25) is 9.80 Å². The molecule has 4 aromatic carbocycles. The van der Waals surface area contributed by atoms with Gasteiger partial charge in [0.15, 0.2) is 0 Å². The Kier molecular flexibility index (Phi) is 4.41. The Labute approximate surface area is 169 Å². The Morgan fingerprint density at radius 1 is 0.793 bits per heavy atom. The van der Waals surface area contributed by atoms with E-state index in [0.717, 1.165) is 29.7 Å². The minimum atomic E-state index is 0.125. The largest absolute Gasteiger partial charge is 0.298 e. The number of nitrogens with zero attached hydrogens (tertiary/aromatic N) is 2. The summed E-state index contributed by atoms with van der Waals surface area (Å²) in [5.74, 6) is 0. The van der Waals surface area contributed by atoms with Crippen molar-refractivity contribution in [1.29, 1.82) is 0 Å². The number of aldehydes is 1. The van der Waals surface area contributed by atoms with Crippen LogP contribution in [0.25, 0.3) is 10.8 Å². The molecule has 0 saturated carbocycles. The number of hydrazone groups is 1. The van der Waals surface area contributed by atoms with Gasteiger partial charge < -0.3 is 0 Å². The van der Waals surface area contributed by atoms with E-state index in [0.29, 0.717) is 5.56 Å². The predicted octanol–water partition coefficient (Wildman–Crippen LogP) is 6.01. The molecule has 5 rings (SSSR count). The fraction of sp³-hybridized carbons (Fsp3) is 0.0769. The Balaban J connectivity index is 1.57. The molecular formula is C26H20N2O. The van der Waals surface area contributed by atoms with Crippen molar-refractivity contribution in [3.63, 3.8) is 0 Å². The lowest BCUT2D eigenvalue weighted by atomic mass is 9.97. The van der Waals surface area contributed by atoms with Crippen LogP contribution in [0, 0.1) is 0 Å². The minimum Gasteiger partial charge on any atom is -0.298 e. The summed E-state index contributed by atoms with van der Waals surface area (Å²) in [4.78, 5) is 11.0. The summed E-state index contributed by atoms with van der Waals surface area (Å²) in [5.41, 5.74) is 5.11. The number of carbonyl (C=O) groups excluding carboxylic acids is 1. The van der Waals surface area contributed by atoms with Crippen molar-refractivity contribution in [1.82, 2.24) is 0 Å². The number of rotatable bonds is 4. The van der Waals surface area contributed by atoms with Gasteiger partial charge in [-0.25, -0.2) is 0 Å². The molecule has 3 heteroatoms. The summed E-state index contributed by atoms with van der Waals surface area (Å²) in [5, 5.41) is 9.54. The van der Waals surface area contributed by atoms with Gasteiger partial charge in [0.25, 0.3) is 0 Å². The van der Waals surface area contributed by atoms with Gasteiger partial charge in [-0.05, 0) is 52.2 Å². The van der Waals surface area contributed by atoms with Crippen molar-refractivity contribution < 1.29 is 4.79 Å². The highest BCUT2D eigenvalue weighted by Gasteiger charge is 2.29. The second-order valence-electron chi connectivity index (χ2n) is 7.29. The highest BCUT2D eigenvalue weighted by atomic mass is 16.1. The van der Waals surface area contributed by atoms with Gasteiger partial charge in [-0.1, -0.05) is 66.7 Å². The van der Waals surface area contributed by atoms with Crippen LogP contribution in [0.5, 0.6) is 0 Å². The van der Waals surface area contributed by atoms with Gasteiger partial charge in [0, 0.05) is 12.0 Å². The lowest BCUT2D eigenvalue weighted by Gasteiger charge is -2.24. The maximum atomic E-state index is 11.0.